The minimum Gasteiger partial charge on any atom is -0.350 e. The predicted octanol–water partition coefficient (Wildman–Crippen LogP) is 5.10. The van der Waals surface area contributed by atoms with Gasteiger partial charge in [-0.3, -0.25) is 19.2 Å². The first-order valence-electron chi connectivity index (χ1n) is 17.2. The van der Waals surface area contributed by atoms with E-state index in [1.807, 2.05) is 93.3 Å². The Morgan fingerprint density at radius 2 is 1.31 bits per heavy atom. The summed E-state index contributed by atoms with van der Waals surface area (Å²) >= 11 is 0. The molecular weight excluding hydrogens is 602 g/mol. The lowest BCUT2D eigenvalue weighted by molar-refractivity contribution is -0.132. The fourth-order valence-corrected chi connectivity index (χ4v) is 5.66. The van der Waals surface area contributed by atoms with E-state index in [4.69, 9.17) is 5.73 Å². The summed E-state index contributed by atoms with van der Waals surface area (Å²) in [7, 11) is 0. The Kier molecular flexibility index (Phi) is 15.3. The number of nitrogens with one attached hydrogen (secondary N) is 3. The molecule has 0 aliphatic heterocycles. The summed E-state index contributed by atoms with van der Waals surface area (Å²) in [6, 6.07) is 24.3. The minimum absolute atomic E-state index is 0.0980. The number of amides is 4. The highest BCUT2D eigenvalue weighted by Crippen LogP contribution is 2.16. The van der Waals surface area contributed by atoms with Crippen molar-refractivity contribution in [1.82, 2.24) is 20.9 Å². The molecule has 0 aliphatic rings. The van der Waals surface area contributed by atoms with Gasteiger partial charge in [-0.05, 0) is 60.9 Å². The average molecular weight is 656 g/mol. The molecule has 0 heterocycles. The Hall–Kier alpha value is -4.50. The zero-order valence-electron chi connectivity index (χ0n) is 29.1. The van der Waals surface area contributed by atoms with E-state index < -0.39 is 24.0 Å². The molecule has 9 heteroatoms. The van der Waals surface area contributed by atoms with Crippen LogP contribution in [0.4, 0.5) is 0 Å². The number of nitrogens with zero attached hydrogens (tertiary/aromatic N) is 1. The number of carbonyl (C=O) groups is 4. The molecule has 3 rings (SSSR count). The van der Waals surface area contributed by atoms with Crippen LogP contribution >= 0.6 is 0 Å². The molecule has 0 radical (unpaired) electrons. The van der Waals surface area contributed by atoms with Crippen LogP contribution in [0.1, 0.15) is 85.7 Å². The molecular formula is C39H53N5O4. The molecule has 0 spiro atoms. The van der Waals surface area contributed by atoms with E-state index in [2.05, 4.69) is 16.0 Å². The second-order valence-electron chi connectivity index (χ2n) is 12.9. The Morgan fingerprint density at radius 3 is 1.90 bits per heavy atom. The zero-order valence-corrected chi connectivity index (χ0v) is 29.1. The Labute approximate surface area is 286 Å². The largest absolute Gasteiger partial charge is 0.350 e. The lowest BCUT2D eigenvalue weighted by Crippen LogP contribution is -2.53. The van der Waals surface area contributed by atoms with Crippen molar-refractivity contribution in [1.29, 1.82) is 0 Å². The number of rotatable bonds is 18. The van der Waals surface area contributed by atoms with Crippen LogP contribution in [0.2, 0.25) is 0 Å². The molecule has 4 amide bonds. The van der Waals surface area contributed by atoms with Gasteiger partial charge in [0.05, 0.1) is 0 Å². The summed E-state index contributed by atoms with van der Waals surface area (Å²) in [5.74, 6) is -1.62. The first-order chi connectivity index (χ1) is 23.0. The lowest BCUT2D eigenvalue weighted by atomic mass is 9.91. The van der Waals surface area contributed by atoms with Gasteiger partial charge in [-0.1, -0.05) is 101 Å². The molecule has 0 aromatic heterocycles. The molecule has 0 saturated heterocycles. The van der Waals surface area contributed by atoms with Gasteiger partial charge >= 0.3 is 0 Å². The number of benzene rings is 3. The standard InChI is InChI=1S/C39H53N5O4/c1-6-21-44(22-7-2)39(48)32-20-14-19-31(25-32)37(46)42-34(24-29-15-10-8-11-16-29)33(40)23-28(5)36(45)43-35(27(3)4)38(47)41-26-30-17-12-9-13-18-30/h8-20,25,27-28,33-35H,6-7,21-24,26,40H2,1-5H3,(H,41,47)(H,42,46)(H,43,45)/t28-,33+,34+,35?/m1/s1. The van der Waals surface area contributed by atoms with Crippen molar-refractivity contribution in [2.75, 3.05) is 13.1 Å². The first kappa shape index (κ1) is 38.0. The van der Waals surface area contributed by atoms with E-state index in [1.54, 1.807) is 31.2 Å². The van der Waals surface area contributed by atoms with Gasteiger partial charge in [-0.15, -0.1) is 0 Å². The third-order valence-electron chi connectivity index (χ3n) is 8.41. The molecule has 3 aromatic carbocycles. The van der Waals surface area contributed by atoms with E-state index in [9.17, 15) is 19.2 Å². The molecule has 0 fully saturated rings. The van der Waals surface area contributed by atoms with E-state index in [0.717, 1.165) is 24.0 Å². The Bertz CT molecular complexity index is 1460. The molecule has 4 atom stereocenters. The molecule has 0 aliphatic carbocycles. The van der Waals surface area contributed by atoms with Crippen molar-refractivity contribution >= 4 is 23.6 Å². The van der Waals surface area contributed by atoms with Gasteiger partial charge in [0.2, 0.25) is 11.8 Å². The summed E-state index contributed by atoms with van der Waals surface area (Å²) in [5, 5.41) is 8.95. The first-order valence-corrected chi connectivity index (χ1v) is 17.2. The van der Waals surface area contributed by atoms with Gasteiger partial charge < -0.3 is 26.6 Å². The van der Waals surface area contributed by atoms with Crippen LogP contribution in [-0.2, 0) is 22.6 Å². The average Bonchev–Trinajstić information content (AvgIpc) is 3.09. The highest BCUT2D eigenvalue weighted by Gasteiger charge is 2.29. The van der Waals surface area contributed by atoms with Crippen molar-refractivity contribution in [2.24, 2.45) is 17.6 Å². The van der Waals surface area contributed by atoms with Crippen LogP contribution in [0.15, 0.2) is 84.9 Å². The van der Waals surface area contributed by atoms with Crippen LogP contribution < -0.4 is 21.7 Å². The summed E-state index contributed by atoms with van der Waals surface area (Å²) < 4.78 is 0. The minimum atomic E-state index is -0.708. The number of carbonyl (C=O) groups excluding carboxylic acids is 4. The lowest BCUT2D eigenvalue weighted by Gasteiger charge is -2.29. The number of nitrogens with two attached hydrogens (primary N) is 1. The van der Waals surface area contributed by atoms with E-state index in [-0.39, 0.29) is 36.0 Å². The predicted molar refractivity (Wildman–Crippen MR) is 191 cm³/mol. The van der Waals surface area contributed by atoms with Crippen molar-refractivity contribution in [2.45, 2.75) is 85.0 Å². The third kappa shape index (κ3) is 11.6. The summed E-state index contributed by atoms with van der Waals surface area (Å²) in [6.45, 7) is 11.3. The van der Waals surface area contributed by atoms with Gasteiger partial charge in [0, 0.05) is 48.8 Å². The van der Waals surface area contributed by atoms with Crippen LogP contribution in [0.5, 0.6) is 0 Å². The fraction of sp³-hybridized carbons (Fsp3) is 0.436. The van der Waals surface area contributed by atoms with Crippen molar-refractivity contribution in [3.8, 4) is 0 Å². The van der Waals surface area contributed by atoms with Gasteiger partial charge in [-0.25, -0.2) is 0 Å². The molecule has 5 N–H and O–H groups in total. The molecule has 0 saturated carbocycles. The SMILES string of the molecule is CCCN(CCC)C(=O)c1cccc(C(=O)N[C@@H](Cc2ccccc2)[C@@H](N)C[C@@H](C)C(=O)NC(C(=O)NCc2ccccc2)C(C)C)c1. The Balaban J connectivity index is 1.71. The second kappa shape index (κ2) is 19.4. The number of hydrogen-bond donors (Lipinski definition) is 4. The number of hydrogen-bond acceptors (Lipinski definition) is 5. The maximum atomic E-state index is 13.6. The second-order valence-corrected chi connectivity index (χ2v) is 12.9. The third-order valence-corrected chi connectivity index (χ3v) is 8.41. The monoisotopic (exact) mass is 655 g/mol. The van der Waals surface area contributed by atoms with Crippen molar-refractivity contribution in [3.63, 3.8) is 0 Å². The molecule has 0 bridgehead atoms. The zero-order chi connectivity index (χ0) is 35.1. The highest BCUT2D eigenvalue weighted by atomic mass is 16.2. The maximum Gasteiger partial charge on any atom is 0.253 e. The molecule has 258 valence electrons. The van der Waals surface area contributed by atoms with Crippen molar-refractivity contribution in [3.05, 3.63) is 107 Å². The van der Waals surface area contributed by atoms with Gasteiger partial charge in [-0.2, -0.15) is 0 Å². The molecule has 48 heavy (non-hydrogen) atoms. The molecule has 3 aromatic rings. The summed E-state index contributed by atoms with van der Waals surface area (Å²) in [6.07, 6.45) is 2.43. The maximum absolute atomic E-state index is 13.6. The van der Waals surface area contributed by atoms with Crippen LogP contribution in [0.25, 0.3) is 0 Å². The smallest absolute Gasteiger partial charge is 0.253 e. The quantitative estimate of drug-likeness (QED) is 0.151. The van der Waals surface area contributed by atoms with Gasteiger partial charge in [0.25, 0.3) is 11.8 Å². The van der Waals surface area contributed by atoms with E-state index in [1.165, 1.54) is 0 Å². The van der Waals surface area contributed by atoms with Crippen LogP contribution in [0, 0.1) is 11.8 Å². The molecule has 1 unspecified atom stereocenters. The highest BCUT2D eigenvalue weighted by molar-refractivity contribution is 5.99. The van der Waals surface area contributed by atoms with Crippen LogP contribution in [0.3, 0.4) is 0 Å². The van der Waals surface area contributed by atoms with Crippen LogP contribution in [-0.4, -0.2) is 59.7 Å². The van der Waals surface area contributed by atoms with Gasteiger partial charge in [0.1, 0.15) is 6.04 Å². The van der Waals surface area contributed by atoms with E-state index in [0.29, 0.717) is 37.2 Å². The Morgan fingerprint density at radius 1 is 0.729 bits per heavy atom. The normalized spacial score (nSPS) is 13.6. The summed E-state index contributed by atoms with van der Waals surface area (Å²) in [4.78, 5) is 55.1. The summed E-state index contributed by atoms with van der Waals surface area (Å²) in [5.41, 5.74) is 9.53. The fourth-order valence-electron chi connectivity index (χ4n) is 5.66. The molecule has 9 nitrogen and oxygen atoms in total. The van der Waals surface area contributed by atoms with E-state index >= 15 is 0 Å². The topological polar surface area (TPSA) is 134 Å². The van der Waals surface area contributed by atoms with Crippen molar-refractivity contribution < 1.29 is 19.2 Å². The van der Waals surface area contributed by atoms with Gasteiger partial charge in [0.15, 0.2) is 0 Å².